The monoisotopic (exact) mass is 277 g/mol. The van der Waals surface area contributed by atoms with Crippen LogP contribution >= 0.6 is 0 Å². The van der Waals surface area contributed by atoms with Gasteiger partial charge in [0.2, 0.25) is 0 Å². The van der Waals surface area contributed by atoms with E-state index in [1.54, 1.807) is 23.2 Å². The lowest BCUT2D eigenvalue weighted by atomic mass is 10.2. The minimum absolute atomic E-state index is 0.0946. The highest BCUT2D eigenvalue weighted by atomic mass is 19.1. The predicted octanol–water partition coefficient (Wildman–Crippen LogP) is 2.58. The largest absolute Gasteiger partial charge is 0.366 e. The third-order valence-corrected chi connectivity index (χ3v) is 3.32. The molecule has 4 nitrogen and oxygen atoms in total. The summed E-state index contributed by atoms with van der Waals surface area (Å²) in [5.41, 5.74) is 0.610. The number of benzene rings is 1. The van der Waals surface area contributed by atoms with Crippen molar-refractivity contribution in [1.82, 2.24) is 10.2 Å². The second kappa shape index (κ2) is 6.93. The number of hydrogen-bond acceptors (Lipinski definition) is 2. The van der Waals surface area contributed by atoms with Gasteiger partial charge in [0.1, 0.15) is 5.82 Å². The van der Waals surface area contributed by atoms with Gasteiger partial charge in [-0.3, -0.25) is 0 Å². The number of anilines is 1. The average molecular weight is 277 g/mol. The fourth-order valence-corrected chi connectivity index (χ4v) is 2.20. The van der Waals surface area contributed by atoms with Crippen LogP contribution in [0.15, 0.2) is 36.5 Å². The third-order valence-electron chi connectivity index (χ3n) is 3.32. The first-order valence-electron chi connectivity index (χ1n) is 6.92. The molecule has 0 spiro atoms. The Morgan fingerprint density at radius 1 is 1.30 bits per heavy atom. The molecule has 5 heteroatoms. The normalized spacial score (nSPS) is 15.7. The van der Waals surface area contributed by atoms with Crippen LogP contribution in [-0.2, 0) is 0 Å². The molecule has 2 rings (SSSR count). The van der Waals surface area contributed by atoms with Gasteiger partial charge < -0.3 is 15.1 Å². The van der Waals surface area contributed by atoms with E-state index in [4.69, 9.17) is 0 Å². The zero-order chi connectivity index (χ0) is 14.4. The van der Waals surface area contributed by atoms with Crippen molar-refractivity contribution in [3.05, 3.63) is 42.4 Å². The van der Waals surface area contributed by atoms with Gasteiger partial charge in [0.15, 0.2) is 0 Å². The highest BCUT2D eigenvalue weighted by molar-refractivity contribution is 5.75. The Bertz CT molecular complexity index is 482. The summed E-state index contributed by atoms with van der Waals surface area (Å²) >= 11 is 0. The minimum atomic E-state index is -0.212. The van der Waals surface area contributed by atoms with Gasteiger partial charge in [0.05, 0.1) is 5.69 Å². The maximum absolute atomic E-state index is 13.7. The topological polar surface area (TPSA) is 35.6 Å². The molecule has 0 radical (unpaired) electrons. The Morgan fingerprint density at radius 3 is 2.65 bits per heavy atom. The maximum Gasteiger partial charge on any atom is 0.321 e. The van der Waals surface area contributed by atoms with Gasteiger partial charge in [-0.15, -0.1) is 0 Å². The highest BCUT2D eigenvalue weighted by Gasteiger charge is 2.21. The number of amides is 2. The fraction of sp³-hybridized carbons (Fsp3) is 0.400. The van der Waals surface area contributed by atoms with Gasteiger partial charge in [-0.25, -0.2) is 9.18 Å². The highest BCUT2D eigenvalue weighted by Crippen LogP contribution is 2.19. The smallest absolute Gasteiger partial charge is 0.321 e. The van der Waals surface area contributed by atoms with Crippen LogP contribution in [0.5, 0.6) is 0 Å². The summed E-state index contributed by atoms with van der Waals surface area (Å²) in [7, 11) is 0. The first-order valence-corrected chi connectivity index (χ1v) is 6.92. The molecule has 0 unspecified atom stereocenters. The third kappa shape index (κ3) is 3.50. The molecular weight excluding hydrogens is 257 g/mol. The number of halogens is 1. The minimum Gasteiger partial charge on any atom is -0.366 e. The molecule has 0 saturated carbocycles. The number of rotatable bonds is 3. The number of urea groups is 1. The van der Waals surface area contributed by atoms with Crippen molar-refractivity contribution in [2.45, 2.75) is 13.3 Å². The fourth-order valence-electron chi connectivity index (χ4n) is 2.20. The number of nitrogens with one attached hydrogen (secondary N) is 1. The molecule has 20 heavy (non-hydrogen) atoms. The Kier molecular flexibility index (Phi) is 4.98. The van der Waals surface area contributed by atoms with Crippen LogP contribution in [0.25, 0.3) is 0 Å². The van der Waals surface area contributed by atoms with Crippen molar-refractivity contribution in [2.75, 3.05) is 31.1 Å². The molecule has 1 saturated heterocycles. The Balaban J connectivity index is 1.88. The molecular formula is C15H20FN3O. The van der Waals surface area contributed by atoms with E-state index in [0.717, 1.165) is 6.42 Å². The van der Waals surface area contributed by atoms with Crippen molar-refractivity contribution in [1.29, 1.82) is 0 Å². The van der Waals surface area contributed by atoms with Crippen molar-refractivity contribution >= 4 is 11.7 Å². The van der Waals surface area contributed by atoms with Gasteiger partial charge in [0, 0.05) is 32.4 Å². The van der Waals surface area contributed by atoms with Crippen LogP contribution in [0.1, 0.15) is 13.3 Å². The van der Waals surface area contributed by atoms with Crippen LogP contribution in [0, 0.1) is 5.82 Å². The van der Waals surface area contributed by atoms with Crippen LogP contribution in [0.3, 0.4) is 0 Å². The lowest BCUT2D eigenvalue weighted by molar-refractivity contribution is 0.198. The molecule has 0 aliphatic carbocycles. The van der Waals surface area contributed by atoms with E-state index in [0.29, 0.717) is 31.9 Å². The predicted molar refractivity (Wildman–Crippen MR) is 78.1 cm³/mol. The lowest BCUT2D eigenvalue weighted by Gasteiger charge is -2.35. The summed E-state index contributed by atoms with van der Waals surface area (Å²) in [6, 6.07) is 6.65. The summed E-state index contributed by atoms with van der Waals surface area (Å²) in [6.45, 7) is 4.49. The second-order valence-electron chi connectivity index (χ2n) is 4.69. The number of allylic oxidation sites excluding steroid dienone is 1. The molecule has 2 amide bonds. The molecule has 108 valence electrons. The summed E-state index contributed by atoms with van der Waals surface area (Å²) < 4.78 is 13.7. The van der Waals surface area contributed by atoms with E-state index < -0.39 is 0 Å². The Morgan fingerprint density at radius 2 is 2.00 bits per heavy atom. The average Bonchev–Trinajstić information content (AvgIpc) is 2.48. The zero-order valence-electron chi connectivity index (χ0n) is 11.7. The van der Waals surface area contributed by atoms with Gasteiger partial charge >= 0.3 is 6.03 Å². The number of para-hydroxylation sites is 1. The number of nitrogens with zero attached hydrogens (tertiary/aromatic N) is 2. The lowest BCUT2D eigenvalue weighted by Crippen LogP contribution is -2.51. The Labute approximate surface area is 118 Å². The van der Waals surface area contributed by atoms with Gasteiger partial charge in [0.25, 0.3) is 0 Å². The molecule has 0 bridgehead atoms. The molecule has 1 aliphatic heterocycles. The SMILES string of the molecule is CC/C=C/NC(=O)N1CCN(c2ccccc2F)CC1. The van der Waals surface area contributed by atoms with Crippen molar-refractivity contribution in [2.24, 2.45) is 0 Å². The first kappa shape index (κ1) is 14.4. The maximum atomic E-state index is 13.7. The molecule has 1 aromatic rings. The molecule has 1 heterocycles. The quantitative estimate of drug-likeness (QED) is 0.921. The van der Waals surface area contributed by atoms with E-state index in [2.05, 4.69) is 5.32 Å². The standard InChI is InChI=1S/C15H20FN3O/c1-2-3-8-17-15(20)19-11-9-18(10-12-19)14-7-5-4-6-13(14)16/h3-8H,2,9-12H2,1H3,(H,17,20)/b8-3+. The van der Waals surface area contributed by atoms with Crippen LogP contribution in [-0.4, -0.2) is 37.1 Å². The summed E-state index contributed by atoms with van der Waals surface area (Å²) in [5, 5.41) is 2.73. The number of hydrogen-bond donors (Lipinski definition) is 1. The number of carbonyl (C=O) groups is 1. The van der Waals surface area contributed by atoms with E-state index in [9.17, 15) is 9.18 Å². The molecule has 0 aromatic heterocycles. The summed E-state index contributed by atoms with van der Waals surface area (Å²) in [4.78, 5) is 15.6. The van der Waals surface area contributed by atoms with Crippen LogP contribution in [0.2, 0.25) is 0 Å². The van der Waals surface area contributed by atoms with Gasteiger partial charge in [-0.05, 0) is 18.6 Å². The van der Waals surface area contributed by atoms with E-state index in [-0.39, 0.29) is 11.8 Å². The molecule has 0 atom stereocenters. The van der Waals surface area contributed by atoms with E-state index >= 15 is 0 Å². The van der Waals surface area contributed by atoms with Crippen molar-refractivity contribution in [3.8, 4) is 0 Å². The summed E-state index contributed by atoms with van der Waals surface area (Å²) in [5.74, 6) is -0.212. The molecule has 1 N–H and O–H groups in total. The molecule has 1 fully saturated rings. The van der Waals surface area contributed by atoms with Crippen LogP contribution < -0.4 is 10.2 Å². The Hall–Kier alpha value is -2.04. The molecule has 1 aromatic carbocycles. The van der Waals surface area contributed by atoms with Crippen molar-refractivity contribution < 1.29 is 9.18 Å². The first-order chi connectivity index (χ1) is 9.72. The van der Waals surface area contributed by atoms with Crippen LogP contribution in [0.4, 0.5) is 14.9 Å². The van der Waals surface area contributed by atoms with Crippen molar-refractivity contribution in [3.63, 3.8) is 0 Å². The van der Waals surface area contributed by atoms with Gasteiger partial charge in [-0.2, -0.15) is 0 Å². The number of piperazine rings is 1. The molecule has 1 aliphatic rings. The zero-order valence-corrected chi connectivity index (χ0v) is 11.7. The number of carbonyl (C=O) groups excluding carboxylic acids is 1. The second-order valence-corrected chi connectivity index (χ2v) is 4.69. The van der Waals surface area contributed by atoms with E-state index in [1.165, 1.54) is 6.07 Å². The van der Waals surface area contributed by atoms with Gasteiger partial charge in [-0.1, -0.05) is 25.1 Å². The van der Waals surface area contributed by atoms with E-state index in [1.807, 2.05) is 24.0 Å². The summed E-state index contributed by atoms with van der Waals surface area (Å²) in [6.07, 6.45) is 4.46.